The van der Waals surface area contributed by atoms with E-state index in [-0.39, 0.29) is 6.54 Å². The van der Waals surface area contributed by atoms with E-state index in [0.29, 0.717) is 0 Å². The van der Waals surface area contributed by atoms with Gasteiger partial charge in [0.15, 0.2) is 6.29 Å². The molecule has 11 heavy (non-hydrogen) atoms. The van der Waals surface area contributed by atoms with Gasteiger partial charge in [0.25, 0.3) is 0 Å². The van der Waals surface area contributed by atoms with E-state index in [2.05, 4.69) is 0 Å². The van der Waals surface area contributed by atoms with Crippen LogP contribution in [0.25, 0.3) is 0 Å². The van der Waals surface area contributed by atoms with Crippen molar-refractivity contribution in [3.63, 3.8) is 0 Å². The zero-order chi connectivity index (χ0) is 8.43. The molecule has 4 N–H and O–H groups in total. The maximum absolute atomic E-state index is 9.22. The standard InChI is InChI=1S/C6H13NO4/c1-10-6-5(9)4(8)3(2-7)11-6/h3-6,8-9H,2,7H2,1H3/t3-,4+,5-,6-/m1/s1. The van der Waals surface area contributed by atoms with E-state index in [4.69, 9.17) is 15.2 Å². The quantitative estimate of drug-likeness (QED) is 0.440. The highest BCUT2D eigenvalue weighted by Gasteiger charge is 2.41. The predicted octanol–water partition coefficient (Wildman–Crippen LogP) is -1.96. The molecule has 1 aliphatic heterocycles. The van der Waals surface area contributed by atoms with Gasteiger partial charge < -0.3 is 25.4 Å². The number of hydrogen-bond acceptors (Lipinski definition) is 5. The summed E-state index contributed by atoms with van der Waals surface area (Å²) in [7, 11) is 1.40. The van der Waals surface area contributed by atoms with Crippen molar-refractivity contribution >= 4 is 0 Å². The fraction of sp³-hybridized carbons (Fsp3) is 1.00. The summed E-state index contributed by atoms with van der Waals surface area (Å²) in [6.07, 6.45) is -3.20. The molecule has 1 aliphatic rings. The molecule has 5 heteroatoms. The smallest absolute Gasteiger partial charge is 0.186 e. The van der Waals surface area contributed by atoms with Crippen LogP contribution in [0.5, 0.6) is 0 Å². The van der Waals surface area contributed by atoms with E-state index in [9.17, 15) is 10.2 Å². The van der Waals surface area contributed by atoms with E-state index < -0.39 is 24.6 Å². The van der Waals surface area contributed by atoms with Crippen molar-refractivity contribution in [1.29, 1.82) is 0 Å². The molecule has 0 aromatic carbocycles. The topological polar surface area (TPSA) is 84.9 Å². The zero-order valence-electron chi connectivity index (χ0n) is 6.30. The molecule has 1 rings (SSSR count). The second-order valence-electron chi connectivity index (χ2n) is 2.50. The minimum Gasteiger partial charge on any atom is -0.387 e. The summed E-state index contributed by atoms with van der Waals surface area (Å²) < 4.78 is 9.78. The molecule has 0 bridgehead atoms. The molecule has 4 atom stereocenters. The number of methoxy groups -OCH3 is 1. The first kappa shape index (κ1) is 8.89. The van der Waals surface area contributed by atoms with Crippen LogP contribution < -0.4 is 5.73 Å². The van der Waals surface area contributed by atoms with Gasteiger partial charge in [-0.05, 0) is 0 Å². The highest BCUT2D eigenvalue weighted by Crippen LogP contribution is 2.20. The monoisotopic (exact) mass is 163 g/mol. The maximum atomic E-state index is 9.22. The molecular formula is C6H13NO4. The maximum Gasteiger partial charge on any atom is 0.186 e. The van der Waals surface area contributed by atoms with Crippen LogP contribution >= 0.6 is 0 Å². The van der Waals surface area contributed by atoms with Crippen LogP contribution in [-0.4, -0.2) is 48.5 Å². The SMILES string of the molecule is CO[C@@H]1O[C@H](CN)[C@H](O)[C@H]1O. The molecule has 66 valence electrons. The van der Waals surface area contributed by atoms with Crippen molar-refractivity contribution in [1.82, 2.24) is 0 Å². The molecule has 1 heterocycles. The highest BCUT2D eigenvalue weighted by molar-refractivity contribution is 4.86. The van der Waals surface area contributed by atoms with Crippen LogP contribution in [0.2, 0.25) is 0 Å². The Morgan fingerprint density at radius 2 is 2.09 bits per heavy atom. The summed E-state index contributed by atoms with van der Waals surface area (Å²) in [4.78, 5) is 0. The van der Waals surface area contributed by atoms with Gasteiger partial charge in [-0.2, -0.15) is 0 Å². The Morgan fingerprint density at radius 1 is 1.45 bits per heavy atom. The number of aliphatic hydroxyl groups excluding tert-OH is 2. The Balaban J connectivity index is 2.53. The first-order valence-electron chi connectivity index (χ1n) is 3.45. The van der Waals surface area contributed by atoms with E-state index in [0.717, 1.165) is 0 Å². The molecule has 5 nitrogen and oxygen atoms in total. The van der Waals surface area contributed by atoms with Gasteiger partial charge in [-0.25, -0.2) is 0 Å². The van der Waals surface area contributed by atoms with Crippen molar-refractivity contribution in [2.24, 2.45) is 5.73 Å². The van der Waals surface area contributed by atoms with Crippen LogP contribution in [0, 0.1) is 0 Å². The molecule has 0 amide bonds. The van der Waals surface area contributed by atoms with Crippen LogP contribution in [0.15, 0.2) is 0 Å². The number of ether oxygens (including phenoxy) is 2. The molecule has 0 saturated carbocycles. The first-order chi connectivity index (χ1) is 5.20. The van der Waals surface area contributed by atoms with Crippen LogP contribution in [-0.2, 0) is 9.47 Å². The van der Waals surface area contributed by atoms with E-state index in [1.165, 1.54) is 7.11 Å². The van der Waals surface area contributed by atoms with Crippen molar-refractivity contribution in [2.45, 2.75) is 24.6 Å². The fourth-order valence-electron chi connectivity index (χ4n) is 1.10. The zero-order valence-corrected chi connectivity index (χ0v) is 6.30. The number of aliphatic hydroxyl groups is 2. The third kappa shape index (κ3) is 1.52. The summed E-state index contributed by atoms with van der Waals surface area (Å²) in [5.41, 5.74) is 5.25. The van der Waals surface area contributed by atoms with Crippen molar-refractivity contribution in [2.75, 3.05) is 13.7 Å². The lowest BCUT2D eigenvalue weighted by Crippen LogP contribution is -2.36. The average molecular weight is 163 g/mol. The minimum atomic E-state index is -0.992. The lowest BCUT2D eigenvalue weighted by atomic mass is 10.1. The van der Waals surface area contributed by atoms with Gasteiger partial charge in [0, 0.05) is 13.7 Å². The molecule has 1 fully saturated rings. The first-order valence-corrected chi connectivity index (χ1v) is 3.45. The van der Waals surface area contributed by atoms with E-state index >= 15 is 0 Å². The Bertz CT molecular complexity index is 114. The summed E-state index contributed by atoms with van der Waals surface area (Å²) in [5.74, 6) is 0. The van der Waals surface area contributed by atoms with Gasteiger partial charge in [-0.1, -0.05) is 0 Å². The Labute approximate surface area is 64.7 Å². The summed E-state index contributed by atoms with van der Waals surface area (Å²) in [6, 6.07) is 0. The summed E-state index contributed by atoms with van der Waals surface area (Å²) in [5, 5.41) is 18.4. The number of rotatable bonds is 2. The largest absolute Gasteiger partial charge is 0.387 e. The Morgan fingerprint density at radius 3 is 2.36 bits per heavy atom. The molecule has 0 spiro atoms. The third-order valence-corrected chi connectivity index (χ3v) is 1.78. The Hall–Kier alpha value is -0.200. The second kappa shape index (κ2) is 3.46. The van der Waals surface area contributed by atoms with E-state index in [1.807, 2.05) is 0 Å². The van der Waals surface area contributed by atoms with Gasteiger partial charge in [0.2, 0.25) is 0 Å². The van der Waals surface area contributed by atoms with Gasteiger partial charge in [0.1, 0.15) is 18.3 Å². The van der Waals surface area contributed by atoms with Crippen LogP contribution in [0.4, 0.5) is 0 Å². The van der Waals surface area contributed by atoms with Crippen molar-refractivity contribution in [3.8, 4) is 0 Å². The van der Waals surface area contributed by atoms with Gasteiger partial charge in [0.05, 0.1) is 0 Å². The molecular weight excluding hydrogens is 150 g/mol. The predicted molar refractivity (Wildman–Crippen MR) is 36.7 cm³/mol. The van der Waals surface area contributed by atoms with Crippen molar-refractivity contribution in [3.05, 3.63) is 0 Å². The molecule has 0 aromatic heterocycles. The number of nitrogens with two attached hydrogens (primary N) is 1. The lowest BCUT2D eigenvalue weighted by Gasteiger charge is -2.11. The summed E-state index contributed by atoms with van der Waals surface area (Å²) >= 11 is 0. The van der Waals surface area contributed by atoms with Gasteiger partial charge >= 0.3 is 0 Å². The number of hydrogen-bond donors (Lipinski definition) is 3. The van der Waals surface area contributed by atoms with E-state index in [1.54, 1.807) is 0 Å². The molecule has 0 unspecified atom stereocenters. The fourth-order valence-corrected chi connectivity index (χ4v) is 1.10. The lowest BCUT2D eigenvalue weighted by molar-refractivity contribution is -0.147. The van der Waals surface area contributed by atoms with Crippen LogP contribution in [0.1, 0.15) is 0 Å². The molecule has 0 aliphatic carbocycles. The van der Waals surface area contributed by atoms with Crippen LogP contribution in [0.3, 0.4) is 0 Å². The molecule has 0 aromatic rings. The average Bonchev–Trinajstić information content (AvgIpc) is 2.30. The normalized spacial score (nSPS) is 44.7. The molecule has 1 saturated heterocycles. The third-order valence-electron chi connectivity index (χ3n) is 1.78. The van der Waals surface area contributed by atoms with Gasteiger partial charge in [-0.3, -0.25) is 0 Å². The Kier molecular flexibility index (Phi) is 2.80. The second-order valence-corrected chi connectivity index (χ2v) is 2.50. The minimum absolute atomic E-state index is 0.179. The highest BCUT2D eigenvalue weighted by atomic mass is 16.7. The van der Waals surface area contributed by atoms with Gasteiger partial charge in [-0.15, -0.1) is 0 Å². The summed E-state index contributed by atoms with van der Waals surface area (Å²) in [6.45, 7) is 0.179. The molecule has 0 radical (unpaired) electrons. The van der Waals surface area contributed by atoms with Crippen molar-refractivity contribution < 1.29 is 19.7 Å².